The number of likely N-dealkylation sites (tertiary alicyclic amines) is 1. The highest BCUT2D eigenvalue weighted by molar-refractivity contribution is 5.95. The fourth-order valence-corrected chi connectivity index (χ4v) is 2.83. The first kappa shape index (κ1) is 13.7. The normalized spacial score (nSPS) is 14.5. The van der Waals surface area contributed by atoms with Gasteiger partial charge in [-0.15, -0.1) is 0 Å². The van der Waals surface area contributed by atoms with Crippen molar-refractivity contribution in [2.75, 3.05) is 13.1 Å². The van der Waals surface area contributed by atoms with Gasteiger partial charge in [0.05, 0.1) is 5.69 Å². The van der Waals surface area contributed by atoms with Crippen LogP contribution in [0.5, 0.6) is 0 Å². The SMILES string of the molecule is O=C(c1cccc(-n2cccn2)c1)N1CC(c2ccccn2)C1. The molecule has 0 aliphatic carbocycles. The molecule has 5 heteroatoms. The standard InChI is InChI=1S/C18H16N4O/c23-18(21-12-15(13-21)17-7-1-2-8-19-17)14-5-3-6-16(11-14)22-10-4-9-20-22/h1-11,15H,12-13H2. The van der Waals surface area contributed by atoms with E-state index in [0.29, 0.717) is 11.5 Å². The van der Waals surface area contributed by atoms with Crippen LogP contribution in [-0.2, 0) is 0 Å². The maximum absolute atomic E-state index is 12.6. The van der Waals surface area contributed by atoms with E-state index in [1.54, 1.807) is 17.1 Å². The molecule has 3 aromatic rings. The van der Waals surface area contributed by atoms with E-state index in [9.17, 15) is 4.79 Å². The third-order valence-corrected chi connectivity index (χ3v) is 4.14. The van der Waals surface area contributed by atoms with E-state index < -0.39 is 0 Å². The highest BCUT2D eigenvalue weighted by Crippen LogP contribution is 2.27. The van der Waals surface area contributed by atoms with Crippen LogP contribution in [-0.4, -0.2) is 38.7 Å². The number of rotatable bonds is 3. The van der Waals surface area contributed by atoms with Gasteiger partial charge in [-0.25, -0.2) is 4.68 Å². The molecule has 1 aromatic carbocycles. The lowest BCUT2D eigenvalue weighted by atomic mass is 9.94. The Balaban J connectivity index is 1.48. The molecule has 114 valence electrons. The van der Waals surface area contributed by atoms with Gasteiger partial charge in [0.25, 0.3) is 5.91 Å². The minimum absolute atomic E-state index is 0.0613. The fourth-order valence-electron chi connectivity index (χ4n) is 2.83. The highest BCUT2D eigenvalue weighted by atomic mass is 16.2. The van der Waals surface area contributed by atoms with Gasteiger partial charge in [-0.05, 0) is 36.4 Å². The Hall–Kier alpha value is -2.95. The van der Waals surface area contributed by atoms with Crippen molar-refractivity contribution in [3.05, 3.63) is 78.4 Å². The minimum atomic E-state index is 0.0613. The molecule has 1 aliphatic heterocycles. The smallest absolute Gasteiger partial charge is 0.253 e. The number of hydrogen-bond donors (Lipinski definition) is 0. The molecule has 5 nitrogen and oxygen atoms in total. The number of aromatic nitrogens is 3. The van der Waals surface area contributed by atoms with Crippen LogP contribution < -0.4 is 0 Å². The first-order valence-corrected chi connectivity index (χ1v) is 7.61. The molecule has 1 fully saturated rings. The van der Waals surface area contributed by atoms with Crippen LogP contribution in [0, 0.1) is 0 Å². The summed E-state index contributed by atoms with van der Waals surface area (Å²) in [5.41, 5.74) is 2.64. The third-order valence-electron chi connectivity index (χ3n) is 4.14. The summed E-state index contributed by atoms with van der Waals surface area (Å²) in [5.74, 6) is 0.403. The van der Waals surface area contributed by atoms with E-state index in [1.807, 2.05) is 59.6 Å². The summed E-state index contributed by atoms with van der Waals surface area (Å²) in [6, 6.07) is 15.3. The van der Waals surface area contributed by atoms with Gasteiger partial charge >= 0.3 is 0 Å². The zero-order valence-electron chi connectivity index (χ0n) is 12.5. The van der Waals surface area contributed by atoms with Gasteiger partial charge in [-0.1, -0.05) is 12.1 Å². The van der Waals surface area contributed by atoms with Crippen molar-refractivity contribution in [2.45, 2.75) is 5.92 Å². The second-order valence-electron chi connectivity index (χ2n) is 5.66. The van der Waals surface area contributed by atoms with Crippen molar-refractivity contribution in [3.8, 4) is 5.69 Å². The second kappa shape index (κ2) is 5.68. The highest BCUT2D eigenvalue weighted by Gasteiger charge is 2.32. The van der Waals surface area contributed by atoms with Gasteiger partial charge in [0, 0.05) is 48.9 Å². The Morgan fingerprint density at radius 2 is 1.96 bits per heavy atom. The number of carbonyl (C=O) groups is 1. The van der Waals surface area contributed by atoms with Gasteiger partial charge in [0.15, 0.2) is 0 Å². The first-order chi connectivity index (χ1) is 11.3. The van der Waals surface area contributed by atoms with Crippen molar-refractivity contribution in [2.24, 2.45) is 0 Å². The Morgan fingerprint density at radius 3 is 2.70 bits per heavy atom. The molecule has 0 radical (unpaired) electrons. The van der Waals surface area contributed by atoms with Gasteiger partial charge in [-0.2, -0.15) is 5.10 Å². The van der Waals surface area contributed by atoms with Crippen molar-refractivity contribution in [3.63, 3.8) is 0 Å². The molecule has 1 amide bonds. The predicted molar refractivity (Wildman–Crippen MR) is 86.4 cm³/mol. The maximum atomic E-state index is 12.6. The molecule has 1 saturated heterocycles. The lowest BCUT2D eigenvalue weighted by molar-refractivity contribution is 0.0598. The van der Waals surface area contributed by atoms with Crippen molar-refractivity contribution >= 4 is 5.91 Å². The average molecular weight is 304 g/mol. The first-order valence-electron chi connectivity index (χ1n) is 7.61. The molecule has 0 N–H and O–H groups in total. The second-order valence-corrected chi connectivity index (χ2v) is 5.66. The van der Waals surface area contributed by atoms with Crippen LogP contribution in [0.1, 0.15) is 22.0 Å². The molecule has 2 aromatic heterocycles. The number of nitrogens with zero attached hydrogens (tertiary/aromatic N) is 4. The zero-order valence-corrected chi connectivity index (χ0v) is 12.5. The fraction of sp³-hybridized carbons (Fsp3) is 0.167. The predicted octanol–water partition coefficient (Wildman–Crippen LogP) is 2.51. The van der Waals surface area contributed by atoms with E-state index in [2.05, 4.69) is 10.1 Å². The Bertz CT molecular complexity index is 808. The largest absolute Gasteiger partial charge is 0.337 e. The van der Waals surface area contributed by atoms with Gasteiger partial charge in [-0.3, -0.25) is 9.78 Å². The summed E-state index contributed by atoms with van der Waals surface area (Å²) in [6.45, 7) is 1.45. The summed E-state index contributed by atoms with van der Waals surface area (Å²) in [6.07, 6.45) is 5.39. The van der Waals surface area contributed by atoms with Crippen molar-refractivity contribution < 1.29 is 4.79 Å². The molecule has 0 bridgehead atoms. The number of benzene rings is 1. The topological polar surface area (TPSA) is 51.0 Å². The quantitative estimate of drug-likeness (QED) is 0.747. The molecule has 1 aliphatic rings. The van der Waals surface area contributed by atoms with Crippen LogP contribution in [0.4, 0.5) is 0 Å². The van der Waals surface area contributed by atoms with E-state index in [-0.39, 0.29) is 5.91 Å². The van der Waals surface area contributed by atoms with Crippen molar-refractivity contribution in [1.82, 2.24) is 19.7 Å². The minimum Gasteiger partial charge on any atom is -0.337 e. The Kier molecular flexibility index (Phi) is 3.38. The monoisotopic (exact) mass is 304 g/mol. The van der Waals surface area contributed by atoms with E-state index in [4.69, 9.17) is 0 Å². The maximum Gasteiger partial charge on any atom is 0.253 e. The van der Waals surface area contributed by atoms with E-state index in [0.717, 1.165) is 24.5 Å². The molecule has 0 spiro atoms. The molecule has 0 saturated carbocycles. The molecular weight excluding hydrogens is 288 g/mol. The number of carbonyl (C=O) groups excluding carboxylic acids is 1. The number of pyridine rings is 1. The third kappa shape index (κ3) is 2.61. The van der Waals surface area contributed by atoms with Crippen LogP contribution in [0.15, 0.2) is 67.1 Å². The van der Waals surface area contributed by atoms with Gasteiger partial charge < -0.3 is 4.90 Å². The Morgan fingerprint density at radius 1 is 1.04 bits per heavy atom. The van der Waals surface area contributed by atoms with Crippen LogP contribution in [0.2, 0.25) is 0 Å². The lowest BCUT2D eigenvalue weighted by Crippen LogP contribution is -2.48. The van der Waals surface area contributed by atoms with Crippen LogP contribution in [0.25, 0.3) is 5.69 Å². The van der Waals surface area contributed by atoms with E-state index in [1.165, 1.54) is 0 Å². The molecule has 0 unspecified atom stereocenters. The summed E-state index contributed by atoms with van der Waals surface area (Å²) >= 11 is 0. The lowest BCUT2D eigenvalue weighted by Gasteiger charge is -2.39. The van der Waals surface area contributed by atoms with Crippen LogP contribution >= 0.6 is 0 Å². The molecule has 4 rings (SSSR count). The van der Waals surface area contributed by atoms with Gasteiger partial charge in [0.2, 0.25) is 0 Å². The summed E-state index contributed by atoms with van der Waals surface area (Å²) < 4.78 is 1.75. The van der Waals surface area contributed by atoms with E-state index >= 15 is 0 Å². The molecule has 23 heavy (non-hydrogen) atoms. The zero-order chi connectivity index (χ0) is 15.6. The summed E-state index contributed by atoms with van der Waals surface area (Å²) in [4.78, 5) is 18.8. The summed E-state index contributed by atoms with van der Waals surface area (Å²) in [5, 5.41) is 4.20. The van der Waals surface area contributed by atoms with Crippen LogP contribution in [0.3, 0.4) is 0 Å². The molecule has 0 atom stereocenters. The number of hydrogen-bond acceptors (Lipinski definition) is 3. The van der Waals surface area contributed by atoms with Crippen molar-refractivity contribution in [1.29, 1.82) is 0 Å². The number of amides is 1. The Labute approximate surface area is 134 Å². The summed E-state index contributed by atoms with van der Waals surface area (Å²) in [7, 11) is 0. The molecule has 3 heterocycles. The van der Waals surface area contributed by atoms with Gasteiger partial charge in [0.1, 0.15) is 0 Å². The average Bonchev–Trinajstić information content (AvgIpc) is 3.09. The molecular formula is C18H16N4O.